The third-order valence-electron chi connectivity index (χ3n) is 5.16. The molecule has 0 bridgehead atoms. The second-order valence-corrected chi connectivity index (χ2v) is 7.88. The maximum Gasteiger partial charge on any atom is 0.408 e. The quantitative estimate of drug-likeness (QED) is 0.550. The predicted molar refractivity (Wildman–Crippen MR) is 107 cm³/mol. The number of fused-ring (bicyclic) bond motifs is 3. The number of nitrogens with zero attached hydrogens (tertiary/aromatic N) is 1. The van der Waals surface area contributed by atoms with Gasteiger partial charge in [-0.1, -0.05) is 28.1 Å². The van der Waals surface area contributed by atoms with E-state index in [1.807, 2.05) is 24.3 Å². The third kappa shape index (κ3) is 3.85. The number of Topliss-reactive ketones (excluding diaryl/α,β-unsaturated/α-hetero) is 1. The van der Waals surface area contributed by atoms with Crippen molar-refractivity contribution in [2.45, 2.75) is 25.5 Å². The molecule has 2 aliphatic heterocycles. The van der Waals surface area contributed by atoms with Gasteiger partial charge in [-0.3, -0.25) is 9.69 Å². The predicted octanol–water partition coefficient (Wildman–Crippen LogP) is 3.88. The molecule has 1 N–H and O–H groups in total. The van der Waals surface area contributed by atoms with E-state index in [2.05, 4.69) is 15.9 Å². The molecule has 0 aliphatic carbocycles. The molecule has 1 fully saturated rings. The highest BCUT2D eigenvalue weighted by Gasteiger charge is 2.35. The normalized spacial score (nSPS) is 17.1. The molecule has 2 aromatic carbocycles. The Morgan fingerprint density at radius 1 is 1.17 bits per heavy atom. The Morgan fingerprint density at radius 2 is 1.97 bits per heavy atom. The van der Waals surface area contributed by atoms with E-state index < -0.39 is 24.7 Å². The summed E-state index contributed by atoms with van der Waals surface area (Å²) in [5.41, 5.74) is 3.25. The fourth-order valence-corrected chi connectivity index (χ4v) is 4.04. The summed E-state index contributed by atoms with van der Waals surface area (Å²) in [6.45, 7) is 0.216. The van der Waals surface area contributed by atoms with E-state index in [4.69, 9.17) is 14.6 Å². The van der Waals surface area contributed by atoms with Crippen LogP contribution in [0.2, 0.25) is 0 Å². The highest BCUT2D eigenvalue weighted by molar-refractivity contribution is 9.10. The number of carbonyl (C=O) groups excluding carboxylic acids is 2. The summed E-state index contributed by atoms with van der Waals surface area (Å²) in [6, 6.07) is 10.3. The molecule has 1 atom stereocenters. The van der Waals surface area contributed by atoms with Crippen LogP contribution < -0.4 is 4.74 Å². The van der Waals surface area contributed by atoms with Gasteiger partial charge in [0.15, 0.2) is 12.4 Å². The number of hydrogen-bond acceptors (Lipinski definition) is 5. The standard InChI is InChI=1S/C21H18BrNO6/c22-14-4-6-16-15-5-3-12(8-13(15)10-28-19(16)9-14)18(24)11-29-20(25)17-2-1-7-23(17)21(26)27/h3-6,8-9,17H,1-2,7,10-11H2,(H,26,27). The Morgan fingerprint density at radius 3 is 2.76 bits per heavy atom. The van der Waals surface area contributed by atoms with Crippen LogP contribution >= 0.6 is 15.9 Å². The number of likely N-dealkylation sites (tertiary alicyclic amines) is 1. The van der Waals surface area contributed by atoms with E-state index in [9.17, 15) is 14.4 Å². The molecule has 150 valence electrons. The summed E-state index contributed by atoms with van der Waals surface area (Å²) < 4.78 is 11.8. The van der Waals surface area contributed by atoms with Crippen LogP contribution in [0.15, 0.2) is 40.9 Å². The molecule has 29 heavy (non-hydrogen) atoms. The molecule has 0 saturated carbocycles. The number of carbonyl (C=O) groups is 3. The van der Waals surface area contributed by atoms with Crippen molar-refractivity contribution in [2.24, 2.45) is 0 Å². The Labute approximate surface area is 175 Å². The SMILES string of the molecule is O=C(COC(=O)C1CCCN1C(=O)O)c1ccc2c(c1)COc1cc(Br)ccc1-2. The molecule has 8 heteroatoms. The molecule has 0 aromatic heterocycles. The van der Waals surface area contributed by atoms with Crippen molar-refractivity contribution >= 4 is 33.8 Å². The number of carboxylic acid groups (broad SMARTS) is 1. The van der Waals surface area contributed by atoms with E-state index in [-0.39, 0.29) is 5.78 Å². The van der Waals surface area contributed by atoms with Gasteiger partial charge in [-0.15, -0.1) is 0 Å². The third-order valence-corrected chi connectivity index (χ3v) is 5.65. The summed E-state index contributed by atoms with van der Waals surface area (Å²) in [5, 5.41) is 9.12. The van der Waals surface area contributed by atoms with Gasteiger partial charge in [0.2, 0.25) is 0 Å². The summed E-state index contributed by atoms with van der Waals surface area (Å²) in [5.74, 6) is -0.249. The van der Waals surface area contributed by atoms with Crippen LogP contribution in [0.4, 0.5) is 4.79 Å². The molecule has 1 unspecified atom stereocenters. The molecule has 2 heterocycles. The number of amides is 1. The van der Waals surface area contributed by atoms with Gasteiger partial charge in [-0.05, 0) is 48.2 Å². The van der Waals surface area contributed by atoms with Crippen molar-refractivity contribution in [3.05, 3.63) is 52.0 Å². The summed E-state index contributed by atoms with van der Waals surface area (Å²) >= 11 is 3.42. The van der Waals surface area contributed by atoms with Crippen LogP contribution in [0.25, 0.3) is 11.1 Å². The zero-order valence-electron chi connectivity index (χ0n) is 15.4. The number of halogens is 1. The van der Waals surface area contributed by atoms with Gasteiger partial charge in [0.1, 0.15) is 18.4 Å². The van der Waals surface area contributed by atoms with Crippen molar-refractivity contribution in [1.82, 2.24) is 4.90 Å². The largest absolute Gasteiger partial charge is 0.488 e. The van der Waals surface area contributed by atoms with Crippen molar-refractivity contribution in [1.29, 1.82) is 0 Å². The van der Waals surface area contributed by atoms with Crippen molar-refractivity contribution in [3.8, 4) is 16.9 Å². The fourth-order valence-electron chi connectivity index (χ4n) is 3.70. The molecule has 1 saturated heterocycles. The van der Waals surface area contributed by atoms with E-state index in [0.717, 1.165) is 31.8 Å². The topological polar surface area (TPSA) is 93.1 Å². The van der Waals surface area contributed by atoms with Gasteiger partial charge in [0.05, 0.1) is 0 Å². The Hall–Kier alpha value is -2.87. The van der Waals surface area contributed by atoms with E-state index >= 15 is 0 Å². The Kier molecular flexibility index (Phi) is 5.27. The van der Waals surface area contributed by atoms with Gasteiger partial charge in [-0.2, -0.15) is 0 Å². The van der Waals surface area contributed by atoms with E-state index in [1.54, 1.807) is 12.1 Å². The highest BCUT2D eigenvalue weighted by Crippen LogP contribution is 2.39. The van der Waals surface area contributed by atoms with Crippen molar-refractivity contribution < 1.29 is 29.0 Å². The van der Waals surface area contributed by atoms with Crippen LogP contribution in [0.1, 0.15) is 28.8 Å². The molecule has 0 radical (unpaired) electrons. The lowest BCUT2D eigenvalue weighted by Gasteiger charge is -2.22. The highest BCUT2D eigenvalue weighted by atomic mass is 79.9. The summed E-state index contributed by atoms with van der Waals surface area (Å²) in [7, 11) is 0. The number of benzene rings is 2. The van der Waals surface area contributed by atoms with E-state index in [0.29, 0.717) is 31.6 Å². The molecule has 1 amide bonds. The average Bonchev–Trinajstić information content (AvgIpc) is 3.21. The minimum atomic E-state index is -1.15. The minimum absolute atomic E-state index is 0.298. The second-order valence-electron chi connectivity index (χ2n) is 6.97. The zero-order chi connectivity index (χ0) is 20.5. The summed E-state index contributed by atoms with van der Waals surface area (Å²) in [6.07, 6.45) is -0.147. The number of esters is 1. The van der Waals surface area contributed by atoms with Gasteiger partial charge in [0, 0.05) is 22.1 Å². The number of rotatable bonds is 4. The Bertz CT molecular complexity index is 1000. The lowest BCUT2D eigenvalue weighted by Crippen LogP contribution is -2.41. The first-order valence-corrected chi connectivity index (χ1v) is 9.98. The molecule has 4 rings (SSSR count). The van der Waals surface area contributed by atoms with Crippen LogP contribution in [0, 0.1) is 0 Å². The lowest BCUT2D eigenvalue weighted by atomic mass is 9.94. The van der Waals surface area contributed by atoms with Gasteiger partial charge < -0.3 is 14.6 Å². The first kappa shape index (κ1) is 19.4. The molecule has 2 aromatic rings. The minimum Gasteiger partial charge on any atom is -0.488 e. The first-order chi connectivity index (χ1) is 13.9. The van der Waals surface area contributed by atoms with Crippen LogP contribution in [0.3, 0.4) is 0 Å². The molecule has 0 spiro atoms. The monoisotopic (exact) mass is 459 g/mol. The van der Waals surface area contributed by atoms with Crippen molar-refractivity contribution in [3.63, 3.8) is 0 Å². The van der Waals surface area contributed by atoms with Crippen LogP contribution in [0.5, 0.6) is 5.75 Å². The maximum atomic E-state index is 12.5. The average molecular weight is 460 g/mol. The van der Waals surface area contributed by atoms with E-state index in [1.165, 1.54) is 0 Å². The molecule has 7 nitrogen and oxygen atoms in total. The van der Waals surface area contributed by atoms with Gasteiger partial charge in [-0.25, -0.2) is 9.59 Å². The van der Waals surface area contributed by atoms with Crippen LogP contribution in [-0.4, -0.2) is 47.0 Å². The van der Waals surface area contributed by atoms with Crippen LogP contribution in [-0.2, 0) is 16.1 Å². The second kappa shape index (κ2) is 7.87. The first-order valence-electron chi connectivity index (χ1n) is 9.19. The van der Waals surface area contributed by atoms with Gasteiger partial charge in [0.25, 0.3) is 0 Å². The Balaban J connectivity index is 1.45. The number of ether oxygens (including phenoxy) is 2. The summed E-state index contributed by atoms with van der Waals surface area (Å²) in [4.78, 5) is 36.9. The molecular formula is C21H18BrNO6. The maximum absolute atomic E-state index is 12.5. The van der Waals surface area contributed by atoms with Crippen molar-refractivity contribution in [2.75, 3.05) is 13.2 Å². The van der Waals surface area contributed by atoms with Gasteiger partial charge >= 0.3 is 12.1 Å². The molecular weight excluding hydrogens is 442 g/mol. The zero-order valence-corrected chi connectivity index (χ0v) is 17.0. The fraction of sp³-hybridized carbons (Fsp3) is 0.286. The molecule has 2 aliphatic rings. The number of hydrogen-bond donors (Lipinski definition) is 1. The number of ketones is 1. The lowest BCUT2D eigenvalue weighted by molar-refractivity contribution is -0.147. The smallest absolute Gasteiger partial charge is 0.408 e.